The number of halogens is 1. The maximum atomic E-state index is 11.3. The molecule has 0 amide bonds. The lowest BCUT2D eigenvalue weighted by Crippen LogP contribution is -2.11. The van der Waals surface area contributed by atoms with E-state index in [0.717, 1.165) is 12.3 Å². The second-order valence-electron chi connectivity index (χ2n) is 3.23. The predicted octanol–water partition coefficient (Wildman–Crippen LogP) is 0.971. The standard InChI is InChI=1S/C9H9BrO5S/c1-16(14,15)7-3-5(2-6(10)4-7)8(11)9(12)13/h2-4,8,11H,1H3,(H,12,13). The number of rotatable bonds is 3. The highest BCUT2D eigenvalue weighted by molar-refractivity contribution is 9.10. The molecule has 1 unspecified atom stereocenters. The monoisotopic (exact) mass is 308 g/mol. The fourth-order valence-electron chi connectivity index (χ4n) is 1.10. The minimum absolute atomic E-state index is 0.0160. The maximum absolute atomic E-state index is 11.3. The van der Waals surface area contributed by atoms with Crippen LogP contribution in [0.1, 0.15) is 11.7 Å². The molecule has 0 radical (unpaired) electrons. The molecule has 1 aromatic rings. The Hall–Kier alpha value is -0.920. The number of hydrogen-bond acceptors (Lipinski definition) is 4. The summed E-state index contributed by atoms with van der Waals surface area (Å²) in [5.74, 6) is -1.43. The molecule has 2 N–H and O–H groups in total. The summed E-state index contributed by atoms with van der Waals surface area (Å²) in [5.41, 5.74) is 0.0160. The van der Waals surface area contributed by atoms with Crippen molar-refractivity contribution in [1.29, 1.82) is 0 Å². The normalized spacial score (nSPS) is 13.4. The Bertz CT molecular complexity index is 523. The van der Waals surface area contributed by atoms with Crippen molar-refractivity contribution < 1.29 is 23.4 Å². The van der Waals surface area contributed by atoms with Gasteiger partial charge in [0.2, 0.25) is 0 Å². The van der Waals surface area contributed by atoms with E-state index in [1.54, 1.807) is 0 Å². The zero-order valence-electron chi connectivity index (χ0n) is 8.21. The molecule has 0 aliphatic carbocycles. The molecule has 0 spiro atoms. The molecule has 1 atom stereocenters. The molecular weight excluding hydrogens is 300 g/mol. The summed E-state index contributed by atoms with van der Waals surface area (Å²) in [7, 11) is -3.44. The minimum atomic E-state index is -3.44. The van der Waals surface area contributed by atoms with Gasteiger partial charge < -0.3 is 10.2 Å². The van der Waals surface area contributed by atoms with E-state index < -0.39 is 21.9 Å². The third-order valence-corrected chi connectivity index (χ3v) is 3.42. The fraction of sp³-hybridized carbons (Fsp3) is 0.222. The van der Waals surface area contributed by atoms with E-state index >= 15 is 0 Å². The lowest BCUT2D eigenvalue weighted by molar-refractivity contribution is -0.146. The highest BCUT2D eigenvalue weighted by Crippen LogP contribution is 2.23. The fourth-order valence-corrected chi connectivity index (χ4v) is 2.45. The molecule has 0 aliphatic rings. The molecule has 0 saturated heterocycles. The van der Waals surface area contributed by atoms with Gasteiger partial charge in [0.15, 0.2) is 15.9 Å². The number of carbonyl (C=O) groups is 1. The summed E-state index contributed by atoms with van der Waals surface area (Å²) in [5, 5.41) is 17.9. The van der Waals surface area contributed by atoms with Crippen LogP contribution in [0.5, 0.6) is 0 Å². The highest BCUT2D eigenvalue weighted by Gasteiger charge is 2.19. The maximum Gasteiger partial charge on any atom is 0.337 e. The second-order valence-corrected chi connectivity index (χ2v) is 6.16. The van der Waals surface area contributed by atoms with E-state index in [2.05, 4.69) is 15.9 Å². The molecule has 0 bridgehead atoms. The van der Waals surface area contributed by atoms with Crippen LogP contribution in [0.2, 0.25) is 0 Å². The third kappa shape index (κ3) is 3.03. The largest absolute Gasteiger partial charge is 0.479 e. The van der Waals surface area contributed by atoms with Crippen LogP contribution in [0, 0.1) is 0 Å². The molecule has 0 heterocycles. The van der Waals surface area contributed by atoms with Crippen molar-refractivity contribution in [2.75, 3.05) is 6.26 Å². The van der Waals surface area contributed by atoms with E-state index in [1.807, 2.05) is 0 Å². The first-order valence-electron chi connectivity index (χ1n) is 4.13. The summed E-state index contributed by atoms with van der Waals surface area (Å²) < 4.78 is 23.0. The summed E-state index contributed by atoms with van der Waals surface area (Å²) in [4.78, 5) is 10.5. The van der Waals surface area contributed by atoms with Crippen LogP contribution in [0.15, 0.2) is 27.6 Å². The molecule has 5 nitrogen and oxygen atoms in total. The molecule has 1 aromatic carbocycles. The number of aliphatic hydroxyl groups excluding tert-OH is 1. The number of aliphatic carboxylic acids is 1. The van der Waals surface area contributed by atoms with Crippen LogP contribution < -0.4 is 0 Å². The third-order valence-electron chi connectivity index (χ3n) is 1.87. The first-order chi connectivity index (χ1) is 7.21. The minimum Gasteiger partial charge on any atom is -0.479 e. The number of carboxylic acid groups (broad SMARTS) is 1. The molecule has 0 fully saturated rings. The van der Waals surface area contributed by atoms with Crippen molar-refractivity contribution in [3.63, 3.8) is 0 Å². The molecule has 0 aromatic heterocycles. The number of aliphatic hydroxyl groups is 1. The van der Waals surface area contributed by atoms with Crippen molar-refractivity contribution in [3.8, 4) is 0 Å². The number of carboxylic acids is 1. The molecule has 16 heavy (non-hydrogen) atoms. The van der Waals surface area contributed by atoms with Crippen molar-refractivity contribution >= 4 is 31.7 Å². The van der Waals surface area contributed by atoms with Gasteiger partial charge in [-0.2, -0.15) is 0 Å². The highest BCUT2D eigenvalue weighted by atomic mass is 79.9. The van der Waals surface area contributed by atoms with Gasteiger partial charge >= 0.3 is 5.97 Å². The van der Waals surface area contributed by atoms with Crippen LogP contribution in [0.4, 0.5) is 0 Å². The van der Waals surface area contributed by atoms with Gasteiger partial charge in [0.05, 0.1) is 4.90 Å². The van der Waals surface area contributed by atoms with Crippen LogP contribution in [-0.2, 0) is 14.6 Å². The summed E-state index contributed by atoms with van der Waals surface area (Å²) in [6, 6.07) is 3.83. The number of hydrogen-bond donors (Lipinski definition) is 2. The van der Waals surface area contributed by atoms with E-state index in [-0.39, 0.29) is 10.5 Å². The number of benzene rings is 1. The molecule has 88 valence electrons. The van der Waals surface area contributed by atoms with Gasteiger partial charge in [-0.1, -0.05) is 15.9 Å². The Kier molecular flexibility index (Phi) is 3.72. The predicted molar refractivity (Wildman–Crippen MR) is 59.8 cm³/mol. The van der Waals surface area contributed by atoms with Crippen LogP contribution in [-0.4, -0.2) is 30.9 Å². The van der Waals surface area contributed by atoms with E-state index in [4.69, 9.17) is 5.11 Å². The van der Waals surface area contributed by atoms with Gasteiger partial charge in [-0.05, 0) is 23.8 Å². The van der Waals surface area contributed by atoms with Crippen molar-refractivity contribution in [3.05, 3.63) is 28.2 Å². The average Bonchev–Trinajstić information content (AvgIpc) is 2.14. The van der Waals surface area contributed by atoms with Crippen molar-refractivity contribution in [2.45, 2.75) is 11.0 Å². The van der Waals surface area contributed by atoms with Gasteiger partial charge in [0.1, 0.15) is 0 Å². The summed E-state index contributed by atoms with van der Waals surface area (Å²) >= 11 is 3.05. The van der Waals surface area contributed by atoms with Gasteiger partial charge in [-0.3, -0.25) is 0 Å². The zero-order chi connectivity index (χ0) is 12.5. The zero-order valence-corrected chi connectivity index (χ0v) is 10.6. The Balaban J connectivity index is 3.34. The average molecular weight is 309 g/mol. The molecule has 7 heteroatoms. The topological polar surface area (TPSA) is 91.7 Å². The summed E-state index contributed by atoms with van der Waals surface area (Å²) in [6.45, 7) is 0. The van der Waals surface area contributed by atoms with E-state index in [1.165, 1.54) is 12.1 Å². The van der Waals surface area contributed by atoms with Gasteiger partial charge in [0, 0.05) is 10.7 Å². The molecule has 0 aliphatic heterocycles. The van der Waals surface area contributed by atoms with E-state index in [9.17, 15) is 18.3 Å². The summed E-state index contributed by atoms with van der Waals surface area (Å²) in [6.07, 6.45) is -0.732. The Morgan fingerprint density at radius 2 is 1.94 bits per heavy atom. The number of sulfone groups is 1. The molecule has 1 rings (SSSR count). The van der Waals surface area contributed by atoms with Gasteiger partial charge in [-0.15, -0.1) is 0 Å². The Morgan fingerprint density at radius 1 is 1.38 bits per heavy atom. The lowest BCUT2D eigenvalue weighted by atomic mass is 10.1. The van der Waals surface area contributed by atoms with E-state index in [0.29, 0.717) is 4.47 Å². The quantitative estimate of drug-likeness (QED) is 0.868. The molecule has 0 saturated carbocycles. The Morgan fingerprint density at radius 3 is 2.38 bits per heavy atom. The molecular formula is C9H9BrO5S. The van der Waals surface area contributed by atoms with Crippen molar-refractivity contribution in [2.24, 2.45) is 0 Å². The lowest BCUT2D eigenvalue weighted by Gasteiger charge is -2.08. The van der Waals surface area contributed by atoms with Gasteiger partial charge in [0.25, 0.3) is 0 Å². The smallest absolute Gasteiger partial charge is 0.337 e. The first-order valence-corrected chi connectivity index (χ1v) is 6.81. The Labute approximate surface area is 101 Å². The van der Waals surface area contributed by atoms with Crippen LogP contribution in [0.3, 0.4) is 0 Å². The first kappa shape index (κ1) is 13.1. The van der Waals surface area contributed by atoms with Crippen molar-refractivity contribution in [1.82, 2.24) is 0 Å². The SMILES string of the molecule is CS(=O)(=O)c1cc(Br)cc(C(O)C(=O)O)c1. The van der Waals surface area contributed by atoms with Crippen LogP contribution in [0.25, 0.3) is 0 Å². The van der Waals surface area contributed by atoms with Crippen LogP contribution >= 0.6 is 15.9 Å². The second kappa shape index (κ2) is 4.52. The van der Waals surface area contributed by atoms with Gasteiger partial charge in [-0.25, -0.2) is 13.2 Å².